The molecule has 5 nitrogen and oxygen atoms in total. The molecule has 0 atom stereocenters. The van der Waals surface area contributed by atoms with Crippen molar-refractivity contribution >= 4 is 12.0 Å². The maximum atomic E-state index is 10.7. The van der Waals surface area contributed by atoms with E-state index in [0.29, 0.717) is 17.4 Å². The average molecular weight is 243 g/mol. The number of hydrogen-bond donors (Lipinski definition) is 1. The molecule has 0 radical (unpaired) electrons. The van der Waals surface area contributed by atoms with Gasteiger partial charge in [0, 0.05) is 12.1 Å². The minimum atomic E-state index is -0.482. The van der Waals surface area contributed by atoms with Gasteiger partial charge in [-0.1, -0.05) is 18.2 Å². The van der Waals surface area contributed by atoms with Crippen LogP contribution in [0.25, 0.3) is 11.1 Å². The van der Waals surface area contributed by atoms with E-state index in [0.717, 1.165) is 0 Å². The Balaban J connectivity index is 2.51. The third-order valence-corrected chi connectivity index (χ3v) is 2.54. The smallest absolute Gasteiger partial charge is 0.270 e. The molecule has 0 saturated carbocycles. The highest BCUT2D eigenvalue weighted by Gasteiger charge is 2.08. The number of rotatable bonds is 3. The maximum absolute atomic E-state index is 10.7. The monoisotopic (exact) mass is 243 g/mol. The first-order valence-electron chi connectivity index (χ1n) is 5.15. The molecule has 0 aliphatic carbocycles. The normalized spacial score (nSPS) is 10.0. The van der Waals surface area contributed by atoms with E-state index in [1.54, 1.807) is 18.2 Å². The van der Waals surface area contributed by atoms with Crippen LogP contribution < -0.4 is 0 Å². The summed E-state index contributed by atoms with van der Waals surface area (Å²) in [4.78, 5) is 20.9. The minimum absolute atomic E-state index is 0.0202. The first-order chi connectivity index (χ1) is 8.61. The number of phenolic OH excluding ortho intramolecular Hbond substituents is 1. The maximum Gasteiger partial charge on any atom is 0.270 e. The van der Waals surface area contributed by atoms with E-state index in [1.807, 2.05) is 0 Å². The number of nitro benzene ring substituents is 1. The molecule has 0 unspecified atom stereocenters. The molecule has 0 amide bonds. The summed E-state index contributed by atoms with van der Waals surface area (Å²) < 4.78 is 0. The zero-order valence-electron chi connectivity index (χ0n) is 9.24. The Kier molecular flexibility index (Phi) is 3.05. The summed E-state index contributed by atoms with van der Waals surface area (Å²) in [6.07, 6.45) is 0.538. The van der Waals surface area contributed by atoms with Crippen molar-refractivity contribution in [1.29, 1.82) is 0 Å². The van der Waals surface area contributed by atoms with Crippen LogP contribution in [0.15, 0.2) is 42.5 Å². The van der Waals surface area contributed by atoms with Crippen LogP contribution in [0.4, 0.5) is 5.69 Å². The van der Waals surface area contributed by atoms with Gasteiger partial charge in [0.25, 0.3) is 5.69 Å². The van der Waals surface area contributed by atoms with E-state index in [-0.39, 0.29) is 17.0 Å². The number of nitrogens with zero attached hydrogens (tertiary/aromatic N) is 1. The summed E-state index contributed by atoms with van der Waals surface area (Å²) in [6.45, 7) is 0. The van der Waals surface area contributed by atoms with Crippen LogP contribution in [-0.4, -0.2) is 16.3 Å². The van der Waals surface area contributed by atoms with Gasteiger partial charge in [0.05, 0.1) is 10.5 Å². The molecule has 0 aliphatic rings. The highest BCUT2D eigenvalue weighted by molar-refractivity contribution is 5.83. The van der Waals surface area contributed by atoms with Crippen molar-refractivity contribution in [3.63, 3.8) is 0 Å². The molecule has 0 fully saturated rings. The lowest BCUT2D eigenvalue weighted by atomic mass is 10.0. The Bertz CT molecular complexity index is 622. The number of aldehydes is 1. The van der Waals surface area contributed by atoms with Gasteiger partial charge in [-0.2, -0.15) is 0 Å². The van der Waals surface area contributed by atoms with Crippen LogP contribution in [0.1, 0.15) is 10.4 Å². The fourth-order valence-electron chi connectivity index (χ4n) is 1.63. The Morgan fingerprint density at radius 1 is 1.11 bits per heavy atom. The van der Waals surface area contributed by atoms with Gasteiger partial charge in [0.2, 0.25) is 0 Å². The number of phenols is 1. The second kappa shape index (κ2) is 4.67. The lowest BCUT2D eigenvalue weighted by Crippen LogP contribution is -1.89. The van der Waals surface area contributed by atoms with Crippen LogP contribution >= 0.6 is 0 Å². The number of carbonyl (C=O) groups is 1. The summed E-state index contributed by atoms with van der Waals surface area (Å²) >= 11 is 0. The summed E-state index contributed by atoms with van der Waals surface area (Å²) in [5, 5.41) is 20.1. The third kappa shape index (κ3) is 2.20. The van der Waals surface area contributed by atoms with Crippen molar-refractivity contribution in [3.8, 4) is 16.9 Å². The molecule has 0 spiro atoms. The number of non-ortho nitro benzene ring substituents is 1. The van der Waals surface area contributed by atoms with Gasteiger partial charge < -0.3 is 5.11 Å². The number of aromatic hydroxyl groups is 1. The molecule has 2 aromatic rings. The largest absolute Gasteiger partial charge is 0.507 e. The molecule has 0 saturated heterocycles. The Labute approximate surface area is 102 Å². The van der Waals surface area contributed by atoms with Gasteiger partial charge in [0.15, 0.2) is 6.29 Å². The zero-order valence-corrected chi connectivity index (χ0v) is 9.24. The third-order valence-electron chi connectivity index (χ3n) is 2.54. The second-order valence-electron chi connectivity index (χ2n) is 3.70. The SMILES string of the molecule is O=Cc1cc(-c2cccc([N+](=O)[O-])c2)ccc1O. The molecule has 0 aliphatic heterocycles. The lowest BCUT2D eigenvalue weighted by molar-refractivity contribution is -0.384. The number of carbonyl (C=O) groups excluding carboxylic acids is 1. The molecule has 2 aromatic carbocycles. The molecule has 5 heteroatoms. The van der Waals surface area contributed by atoms with Crippen LogP contribution in [0.5, 0.6) is 5.75 Å². The van der Waals surface area contributed by atoms with Crippen molar-refractivity contribution in [2.45, 2.75) is 0 Å². The van der Waals surface area contributed by atoms with Crippen molar-refractivity contribution in [1.82, 2.24) is 0 Å². The molecule has 0 heterocycles. The first-order valence-corrected chi connectivity index (χ1v) is 5.15. The fraction of sp³-hybridized carbons (Fsp3) is 0. The molecule has 0 aromatic heterocycles. The summed E-state index contributed by atoms with van der Waals surface area (Å²) in [7, 11) is 0. The quantitative estimate of drug-likeness (QED) is 0.510. The van der Waals surface area contributed by atoms with Gasteiger partial charge in [-0.3, -0.25) is 14.9 Å². The van der Waals surface area contributed by atoms with Crippen LogP contribution in [0, 0.1) is 10.1 Å². The Morgan fingerprint density at radius 2 is 1.83 bits per heavy atom. The van der Waals surface area contributed by atoms with E-state index < -0.39 is 4.92 Å². The predicted octanol–water partition coefficient (Wildman–Crippen LogP) is 2.78. The van der Waals surface area contributed by atoms with Gasteiger partial charge in [-0.25, -0.2) is 0 Å². The van der Waals surface area contributed by atoms with E-state index in [9.17, 15) is 20.0 Å². The van der Waals surface area contributed by atoms with Gasteiger partial charge >= 0.3 is 0 Å². The lowest BCUT2D eigenvalue weighted by Gasteiger charge is -2.04. The van der Waals surface area contributed by atoms with E-state index in [1.165, 1.54) is 24.3 Å². The molecular weight excluding hydrogens is 234 g/mol. The summed E-state index contributed by atoms with van der Waals surface area (Å²) in [5.74, 6) is -0.112. The number of benzene rings is 2. The zero-order chi connectivity index (χ0) is 13.1. The first kappa shape index (κ1) is 11.8. The Morgan fingerprint density at radius 3 is 2.50 bits per heavy atom. The summed E-state index contributed by atoms with van der Waals surface area (Å²) in [5.41, 5.74) is 1.39. The van der Waals surface area contributed by atoms with Crippen LogP contribution in [-0.2, 0) is 0 Å². The van der Waals surface area contributed by atoms with Gasteiger partial charge in [-0.15, -0.1) is 0 Å². The highest BCUT2D eigenvalue weighted by atomic mass is 16.6. The second-order valence-corrected chi connectivity index (χ2v) is 3.70. The standard InChI is InChI=1S/C13H9NO4/c15-8-11-6-10(4-5-13(11)16)9-2-1-3-12(7-9)14(17)18/h1-8,16H. The molecule has 0 bridgehead atoms. The summed E-state index contributed by atoms with van der Waals surface area (Å²) in [6, 6.07) is 10.6. The predicted molar refractivity (Wildman–Crippen MR) is 65.6 cm³/mol. The van der Waals surface area contributed by atoms with E-state index >= 15 is 0 Å². The van der Waals surface area contributed by atoms with Crippen molar-refractivity contribution in [2.75, 3.05) is 0 Å². The molecule has 1 N–H and O–H groups in total. The van der Waals surface area contributed by atoms with Crippen LogP contribution in [0.2, 0.25) is 0 Å². The van der Waals surface area contributed by atoms with Crippen LogP contribution in [0.3, 0.4) is 0 Å². The topological polar surface area (TPSA) is 80.4 Å². The molecular formula is C13H9NO4. The van der Waals surface area contributed by atoms with Gasteiger partial charge in [0.1, 0.15) is 5.75 Å². The number of nitro groups is 1. The van der Waals surface area contributed by atoms with Crippen molar-refractivity contribution < 1.29 is 14.8 Å². The Hall–Kier alpha value is -2.69. The van der Waals surface area contributed by atoms with Crippen molar-refractivity contribution in [2.24, 2.45) is 0 Å². The van der Waals surface area contributed by atoms with E-state index in [4.69, 9.17) is 0 Å². The van der Waals surface area contributed by atoms with Gasteiger partial charge in [-0.05, 0) is 23.3 Å². The molecule has 18 heavy (non-hydrogen) atoms. The fourth-order valence-corrected chi connectivity index (χ4v) is 1.63. The minimum Gasteiger partial charge on any atom is -0.507 e. The average Bonchev–Trinajstić information content (AvgIpc) is 2.39. The molecule has 90 valence electrons. The van der Waals surface area contributed by atoms with E-state index in [2.05, 4.69) is 0 Å². The molecule has 2 rings (SSSR count). The highest BCUT2D eigenvalue weighted by Crippen LogP contribution is 2.27. The number of hydrogen-bond acceptors (Lipinski definition) is 4. The van der Waals surface area contributed by atoms with Crippen molar-refractivity contribution in [3.05, 3.63) is 58.1 Å².